The van der Waals surface area contributed by atoms with E-state index >= 15 is 0 Å². The summed E-state index contributed by atoms with van der Waals surface area (Å²) in [5.74, 6) is -0.933. The van der Waals surface area contributed by atoms with Crippen molar-refractivity contribution in [2.24, 2.45) is 11.5 Å². The fourth-order valence-corrected chi connectivity index (χ4v) is 4.30. The van der Waals surface area contributed by atoms with Crippen LogP contribution in [-0.2, 0) is 18.4 Å². The van der Waals surface area contributed by atoms with Gasteiger partial charge in [0.25, 0.3) is 0 Å². The minimum Gasteiger partial charge on any atom is -0.480 e. The van der Waals surface area contributed by atoms with Crippen LogP contribution in [0.25, 0.3) is 0 Å². The Bertz CT molecular complexity index is 470. The van der Waals surface area contributed by atoms with Crippen LogP contribution in [0.5, 0.6) is 0 Å². The Balaban J connectivity index is 0. The van der Waals surface area contributed by atoms with E-state index in [1.807, 2.05) is 0 Å². The number of phosphoric acid groups is 1. The summed E-state index contributed by atoms with van der Waals surface area (Å²) >= 11 is 0. The molecule has 0 aromatic carbocycles. The largest absolute Gasteiger partial charge is 0.480 e. The lowest BCUT2D eigenvalue weighted by atomic mass is 10.1. The van der Waals surface area contributed by atoms with E-state index in [4.69, 9.17) is 25.6 Å². The van der Waals surface area contributed by atoms with Crippen LogP contribution in [-0.4, -0.2) is 41.8 Å². The van der Waals surface area contributed by atoms with Crippen molar-refractivity contribution in [3.63, 3.8) is 0 Å². The molecule has 0 saturated heterocycles. The van der Waals surface area contributed by atoms with Crippen molar-refractivity contribution in [3.05, 3.63) is 0 Å². The predicted octanol–water partition coefficient (Wildman–Crippen LogP) is 6.93. The number of carbonyl (C=O) groups is 1. The molecule has 0 aromatic heterocycles. The van der Waals surface area contributed by atoms with Crippen molar-refractivity contribution in [2.45, 2.75) is 142 Å². The molecule has 35 heavy (non-hydrogen) atoms. The summed E-state index contributed by atoms with van der Waals surface area (Å²) in [6, 6.07) is -0.716. The van der Waals surface area contributed by atoms with E-state index in [0.717, 1.165) is 38.5 Å². The van der Waals surface area contributed by atoms with Crippen LogP contribution in [0, 0.1) is 0 Å². The van der Waals surface area contributed by atoms with E-state index in [1.165, 1.54) is 77.0 Å². The molecule has 0 aromatic rings. The van der Waals surface area contributed by atoms with Gasteiger partial charge in [-0.2, -0.15) is 0 Å². The van der Waals surface area contributed by atoms with Gasteiger partial charge in [-0.15, -0.1) is 0 Å². The first kappa shape index (κ1) is 36.7. The molecule has 0 rings (SSSR count). The van der Waals surface area contributed by atoms with Crippen LogP contribution in [0.3, 0.4) is 0 Å². The molecule has 0 aliphatic carbocycles. The molecular formula is C26H57N2O6P. The molecule has 0 radical (unpaired) electrons. The third-order valence-corrected chi connectivity index (χ3v) is 6.81. The zero-order valence-corrected chi connectivity index (χ0v) is 23.7. The molecule has 9 heteroatoms. The van der Waals surface area contributed by atoms with Gasteiger partial charge in [-0.25, -0.2) is 4.57 Å². The Morgan fingerprint density at radius 1 is 0.714 bits per heavy atom. The van der Waals surface area contributed by atoms with Crippen LogP contribution in [0.1, 0.15) is 136 Å². The summed E-state index contributed by atoms with van der Waals surface area (Å²) in [5, 5.41) is 8.33. The second kappa shape index (κ2) is 28.1. The van der Waals surface area contributed by atoms with Crippen molar-refractivity contribution in [2.75, 3.05) is 19.8 Å². The normalized spacial score (nSPS) is 12.3. The van der Waals surface area contributed by atoms with Crippen molar-refractivity contribution in [1.29, 1.82) is 0 Å². The van der Waals surface area contributed by atoms with E-state index in [-0.39, 0.29) is 0 Å². The Kier molecular flexibility index (Phi) is 29.4. The van der Waals surface area contributed by atoms with Crippen LogP contribution in [0.15, 0.2) is 0 Å². The number of unbranched alkanes of at least 4 members (excludes halogenated alkanes) is 15. The van der Waals surface area contributed by atoms with Crippen molar-refractivity contribution in [3.8, 4) is 0 Å². The Labute approximate surface area is 215 Å². The van der Waals surface area contributed by atoms with Gasteiger partial charge in [-0.3, -0.25) is 13.8 Å². The molecule has 1 unspecified atom stereocenters. The Hall–Kier alpha value is -0.500. The lowest BCUT2D eigenvalue weighted by Gasteiger charge is -2.12. The summed E-state index contributed by atoms with van der Waals surface area (Å²) in [5.41, 5.74) is 10.4. The highest BCUT2D eigenvalue weighted by Crippen LogP contribution is 2.43. The van der Waals surface area contributed by atoms with Gasteiger partial charge >= 0.3 is 13.8 Å². The van der Waals surface area contributed by atoms with Crippen LogP contribution >= 0.6 is 7.82 Å². The standard InChI is InChI=1S/C20H43O4P.C6H14N2O2/c1-3-5-7-9-11-13-15-17-19-23-25(21,22)24-20-18-16-14-12-10-8-6-4-2;7-4-2-1-3-5(8)6(9)10/h3-20H2,1-2H3,(H,21,22);5H,1-4,7-8H2,(H,9,10). The summed E-state index contributed by atoms with van der Waals surface area (Å²) in [4.78, 5) is 19.8. The zero-order valence-electron chi connectivity index (χ0n) is 22.8. The number of nitrogens with two attached hydrogens (primary N) is 2. The SMILES string of the molecule is CCCCCCCCCCOP(=O)(O)OCCCCCCCCCC.NCCCCC(N)C(=O)O. The molecule has 8 nitrogen and oxygen atoms in total. The van der Waals surface area contributed by atoms with Crippen molar-refractivity contribution < 1.29 is 28.4 Å². The number of carboxylic acid groups (broad SMARTS) is 1. The second-order valence-electron chi connectivity index (χ2n) is 9.31. The maximum absolute atomic E-state index is 11.7. The lowest BCUT2D eigenvalue weighted by molar-refractivity contribution is -0.138. The third kappa shape index (κ3) is 31.5. The molecule has 0 aliphatic rings. The zero-order chi connectivity index (χ0) is 26.6. The average Bonchev–Trinajstić information content (AvgIpc) is 2.82. The molecule has 0 amide bonds. The maximum Gasteiger partial charge on any atom is 0.472 e. The lowest BCUT2D eigenvalue weighted by Crippen LogP contribution is -2.29. The molecule has 0 fully saturated rings. The molecule has 0 aliphatic heterocycles. The fourth-order valence-electron chi connectivity index (χ4n) is 3.50. The van der Waals surface area contributed by atoms with Gasteiger partial charge < -0.3 is 21.5 Å². The number of rotatable bonds is 25. The van der Waals surface area contributed by atoms with Gasteiger partial charge in [0.15, 0.2) is 0 Å². The van der Waals surface area contributed by atoms with E-state index in [2.05, 4.69) is 13.8 Å². The first-order valence-electron chi connectivity index (χ1n) is 14.1. The van der Waals surface area contributed by atoms with Crippen LogP contribution < -0.4 is 11.5 Å². The highest BCUT2D eigenvalue weighted by Gasteiger charge is 2.19. The number of carboxylic acids is 1. The Morgan fingerprint density at radius 3 is 1.43 bits per heavy atom. The quantitative estimate of drug-likeness (QED) is 0.0743. The molecular weight excluding hydrogens is 467 g/mol. The molecule has 6 N–H and O–H groups in total. The van der Waals surface area contributed by atoms with E-state index in [9.17, 15) is 14.3 Å². The smallest absolute Gasteiger partial charge is 0.472 e. The average molecular weight is 525 g/mol. The molecule has 0 saturated carbocycles. The maximum atomic E-state index is 11.7. The second-order valence-corrected chi connectivity index (χ2v) is 10.8. The Morgan fingerprint density at radius 2 is 1.09 bits per heavy atom. The monoisotopic (exact) mass is 524 g/mol. The number of phosphoric ester groups is 1. The molecule has 0 heterocycles. The van der Waals surface area contributed by atoms with Crippen LogP contribution in [0.2, 0.25) is 0 Å². The van der Waals surface area contributed by atoms with Gasteiger partial charge in [-0.1, -0.05) is 110 Å². The number of hydrogen-bond acceptors (Lipinski definition) is 6. The first-order chi connectivity index (χ1) is 16.8. The topological polar surface area (TPSA) is 145 Å². The van der Waals surface area contributed by atoms with Crippen molar-refractivity contribution >= 4 is 13.8 Å². The molecule has 0 bridgehead atoms. The highest BCUT2D eigenvalue weighted by atomic mass is 31.2. The minimum absolute atomic E-state index is 0.320. The number of hydrogen-bond donors (Lipinski definition) is 4. The van der Waals surface area contributed by atoms with Gasteiger partial charge in [0.1, 0.15) is 6.04 Å². The van der Waals surface area contributed by atoms with Gasteiger partial charge in [0.2, 0.25) is 0 Å². The highest BCUT2D eigenvalue weighted by molar-refractivity contribution is 7.47. The first-order valence-corrected chi connectivity index (χ1v) is 15.6. The molecule has 1 atom stereocenters. The van der Waals surface area contributed by atoms with E-state index in [0.29, 0.717) is 26.2 Å². The van der Waals surface area contributed by atoms with Gasteiger partial charge in [-0.05, 0) is 32.2 Å². The molecule has 212 valence electrons. The summed E-state index contributed by atoms with van der Waals surface area (Å²) < 4.78 is 21.8. The fraction of sp³-hybridized carbons (Fsp3) is 0.962. The summed E-state index contributed by atoms with van der Waals surface area (Å²) in [6.07, 6.45) is 21.3. The molecule has 0 spiro atoms. The van der Waals surface area contributed by atoms with Gasteiger partial charge in [0, 0.05) is 0 Å². The van der Waals surface area contributed by atoms with Gasteiger partial charge in [0.05, 0.1) is 13.2 Å². The van der Waals surface area contributed by atoms with Crippen molar-refractivity contribution in [1.82, 2.24) is 0 Å². The summed E-state index contributed by atoms with van der Waals surface area (Å²) in [7, 11) is -3.83. The van der Waals surface area contributed by atoms with E-state index < -0.39 is 19.8 Å². The number of aliphatic carboxylic acids is 1. The summed E-state index contributed by atoms with van der Waals surface area (Å²) in [6.45, 7) is 5.69. The third-order valence-electron chi connectivity index (χ3n) is 5.79. The van der Waals surface area contributed by atoms with E-state index in [1.54, 1.807) is 0 Å². The minimum atomic E-state index is -3.83. The van der Waals surface area contributed by atoms with Crippen LogP contribution in [0.4, 0.5) is 0 Å². The predicted molar refractivity (Wildman–Crippen MR) is 145 cm³/mol.